The molecule has 0 atom stereocenters. The molecule has 0 bridgehead atoms. The highest BCUT2D eigenvalue weighted by Crippen LogP contribution is 2.17. The molecule has 2 aromatic rings. The summed E-state index contributed by atoms with van der Waals surface area (Å²) in [4.78, 5) is 23.5. The van der Waals surface area contributed by atoms with Crippen LogP contribution in [0.2, 0.25) is 0 Å². The summed E-state index contributed by atoms with van der Waals surface area (Å²) in [6.45, 7) is 0. The zero-order valence-electron chi connectivity index (χ0n) is 11.4. The van der Waals surface area contributed by atoms with E-state index >= 15 is 0 Å². The summed E-state index contributed by atoms with van der Waals surface area (Å²) in [5, 5.41) is 5.25. The van der Waals surface area contributed by atoms with Crippen LogP contribution in [0.15, 0.2) is 48.5 Å². The van der Waals surface area contributed by atoms with E-state index in [2.05, 4.69) is 15.4 Å². The van der Waals surface area contributed by atoms with Crippen LogP contribution >= 0.6 is 0 Å². The van der Waals surface area contributed by atoms with E-state index < -0.39 is 12.0 Å². The Morgan fingerprint density at radius 1 is 1.00 bits per heavy atom. The quantitative estimate of drug-likeness (QED) is 0.597. The Kier molecular flexibility index (Phi) is 4.40. The van der Waals surface area contributed by atoms with Crippen LogP contribution in [-0.2, 0) is 4.74 Å². The lowest BCUT2D eigenvalue weighted by molar-refractivity contribution is 0.0602. The molecule has 4 N–H and O–H groups in total. The molecular formula is C15H15N3O3. The van der Waals surface area contributed by atoms with E-state index in [-0.39, 0.29) is 5.56 Å². The standard InChI is InChI=1S/C15H15N3O3/c1-21-14(19)12-4-2-3-5-13(12)18-15(20)17-11-8-6-10(16)7-9-11/h2-9H,16H2,1H3,(H2,17,18,20). The van der Waals surface area contributed by atoms with Crippen LogP contribution in [0.25, 0.3) is 0 Å². The molecule has 6 heteroatoms. The first-order valence-electron chi connectivity index (χ1n) is 6.21. The highest BCUT2D eigenvalue weighted by atomic mass is 16.5. The lowest BCUT2D eigenvalue weighted by atomic mass is 10.2. The molecule has 0 heterocycles. The van der Waals surface area contributed by atoms with Gasteiger partial charge in [0.05, 0.1) is 18.4 Å². The monoisotopic (exact) mass is 285 g/mol. The maximum Gasteiger partial charge on any atom is 0.339 e. The molecule has 2 rings (SSSR count). The molecule has 0 aliphatic rings. The molecule has 0 aliphatic heterocycles. The molecule has 0 saturated heterocycles. The number of benzene rings is 2. The van der Waals surface area contributed by atoms with Crippen LogP contribution in [-0.4, -0.2) is 19.1 Å². The van der Waals surface area contributed by atoms with Crippen molar-refractivity contribution in [1.29, 1.82) is 0 Å². The van der Waals surface area contributed by atoms with Gasteiger partial charge in [0, 0.05) is 11.4 Å². The summed E-state index contributed by atoms with van der Waals surface area (Å²) in [5.41, 5.74) is 7.43. The number of methoxy groups -OCH3 is 1. The molecule has 21 heavy (non-hydrogen) atoms. The molecule has 0 aliphatic carbocycles. The first kappa shape index (κ1) is 14.4. The third-order valence-corrected chi connectivity index (χ3v) is 2.75. The van der Waals surface area contributed by atoms with E-state index in [9.17, 15) is 9.59 Å². The lowest BCUT2D eigenvalue weighted by Gasteiger charge is -2.10. The number of carbonyl (C=O) groups is 2. The van der Waals surface area contributed by atoms with Gasteiger partial charge in [-0.15, -0.1) is 0 Å². The van der Waals surface area contributed by atoms with Gasteiger partial charge in [0.15, 0.2) is 0 Å². The fourth-order valence-electron chi connectivity index (χ4n) is 1.73. The van der Waals surface area contributed by atoms with Crippen LogP contribution in [0, 0.1) is 0 Å². The van der Waals surface area contributed by atoms with E-state index in [1.165, 1.54) is 7.11 Å². The Balaban J connectivity index is 2.09. The van der Waals surface area contributed by atoms with Gasteiger partial charge in [0.25, 0.3) is 0 Å². The Hall–Kier alpha value is -3.02. The fourth-order valence-corrected chi connectivity index (χ4v) is 1.73. The summed E-state index contributed by atoms with van der Waals surface area (Å²) in [6, 6.07) is 12.9. The third-order valence-electron chi connectivity index (χ3n) is 2.75. The number of rotatable bonds is 3. The zero-order chi connectivity index (χ0) is 15.2. The van der Waals surface area contributed by atoms with Crippen LogP contribution in [0.5, 0.6) is 0 Å². The Labute approximate surface area is 121 Å². The molecule has 0 aromatic heterocycles. The smallest absolute Gasteiger partial charge is 0.339 e. The fraction of sp³-hybridized carbons (Fsp3) is 0.0667. The molecule has 2 amide bonds. The van der Waals surface area contributed by atoms with E-state index in [0.717, 1.165) is 0 Å². The summed E-state index contributed by atoms with van der Waals surface area (Å²) in [7, 11) is 1.29. The number of esters is 1. The molecule has 6 nitrogen and oxygen atoms in total. The van der Waals surface area contributed by atoms with Crippen molar-refractivity contribution in [3.05, 3.63) is 54.1 Å². The second-order valence-corrected chi connectivity index (χ2v) is 4.24. The number of ether oxygens (including phenoxy) is 1. The van der Waals surface area contributed by atoms with Gasteiger partial charge in [0.2, 0.25) is 0 Å². The Morgan fingerprint density at radius 2 is 1.67 bits per heavy atom. The first-order valence-corrected chi connectivity index (χ1v) is 6.21. The molecule has 0 unspecified atom stereocenters. The van der Waals surface area contributed by atoms with Crippen molar-refractivity contribution in [3.63, 3.8) is 0 Å². The number of hydrogen-bond acceptors (Lipinski definition) is 4. The van der Waals surface area contributed by atoms with Crippen molar-refractivity contribution in [3.8, 4) is 0 Å². The molecule has 108 valence electrons. The second kappa shape index (κ2) is 6.42. The van der Waals surface area contributed by atoms with Gasteiger partial charge < -0.3 is 21.1 Å². The molecule has 0 saturated carbocycles. The van der Waals surface area contributed by atoms with Crippen LogP contribution in [0.4, 0.5) is 21.9 Å². The normalized spacial score (nSPS) is 9.76. The highest BCUT2D eigenvalue weighted by Gasteiger charge is 2.13. The predicted octanol–water partition coefficient (Wildman–Crippen LogP) is 2.70. The number of nitrogens with two attached hydrogens (primary N) is 1. The van der Waals surface area contributed by atoms with Crippen molar-refractivity contribution in [2.24, 2.45) is 0 Å². The van der Waals surface area contributed by atoms with Gasteiger partial charge in [0.1, 0.15) is 0 Å². The van der Waals surface area contributed by atoms with E-state index in [4.69, 9.17) is 5.73 Å². The minimum atomic E-state index is -0.515. The number of nitrogen functional groups attached to an aromatic ring is 1. The number of carbonyl (C=O) groups excluding carboxylic acids is 2. The lowest BCUT2D eigenvalue weighted by Crippen LogP contribution is -2.21. The molecule has 2 aromatic carbocycles. The Morgan fingerprint density at radius 3 is 2.33 bits per heavy atom. The highest BCUT2D eigenvalue weighted by molar-refractivity contribution is 6.05. The zero-order valence-corrected chi connectivity index (χ0v) is 11.4. The van der Waals surface area contributed by atoms with Crippen molar-refractivity contribution < 1.29 is 14.3 Å². The van der Waals surface area contributed by atoms with E-state index in [0.29, 0.717) is 17.1 Å². The van der Waals surface area contributed by atoms with Crippen molar-refractivity contribution in [2.75, 3.05) is 23.5 Å². The van der Waals surface area contributed by atoms with Gasteiger partial charge in [-0.25, -0.2) is 9.59 Å². The van der Waals surface area contributed by atoms with Crippen LogP contribution in [0.3, 0.4) is 0 Å². The summed E-state index contributed by atoms with van der Waals surface area (Å²) >= 11 is 0. The van der Waals surface area contributed by atoms with Crippen LogP contribution < -0.4 is 16.4 Å². The SMILES string of the molecule is COC(=O)c1ccccc1NC(=O)Nc1ccc(N)cc1. The van der Waals surface area contributed by atoms with Gasteiger partial charge in [-0.2, -0.15) is 0 Å². The number of hydrogen-bond donors (Lipinski definition) is 3. The minimum absolute atomic E-state index is 0.285. The molecule has 0 radical (unpaired) electrons. The van der Waals surface area contributed by atoms with Gasteiger partial charge >= 0.3 is 12.0 Å². The molecule has 0 spiro atoms. The number of amides is 2. The van der Waals surface area contributed by atoms with Gasteiger partial charge in [-0.1, -0.05) is 12.1 Å². The summed E-state index contributed by atoms with van der Waals surface area (Å²) < 4.78 is 4.67. The number of urea groups is 1. The molecule has 0 fully saturated rings. The van der Waals surface area contributed by atoms with Crippen molar-refractivity contribution in [2.45, 2.75) is 0 Å². The maximum atomic E-state index is 11.9. The van der Waals surface area contributed by atoms with Crippen molar-refractivity contribution >= 4 is 29.1 Å². The van der Waals surface area contributed by atoms with Crippen molar-refractivity contribution in [1.82, 2.24) is 0 Å². The number of nitrogens with one attached hydrogen (secondary N) is 2. The largest absolute Gasteiger partial charge is 0.465 e. The Bertz CT molecular complexity index is 653. The van der Waals surface area contributed by atoms with E-state index in [1.807, 2.05) is 0 Å². The average Bonchev–Trinajstić information content (AvgIpc) is 2.49. The summed E-state index contributed by atoms with van der Waals surface area (Å²) in [6.07, 6.45) is 0. The number of para-hydroxylation sites is 1. The van der Waals surface area contributed by atoms with Gasteiger partial charge in [-0.3, -0.25) is 0 Å². The maximum absolute atomic E-state index is 11.9. The van der Waals surface area contributed by atoms with E-state index in [1.54, 1.807) is 48.5 Å². The topological polar surface area (TPSA) is 93.4 Å². The minimum Gasteiger partial charge on any atom is -0.465 e. The molecular weight excluding hydrogens is 270 g/mol. The first-order chi connectivity index (χ1) is 10.1. The third kappa shape index (κ3) is 3.73. The average molecular weight is 285 g/mol. The second-order valence-electron chi connectivity index (χ2n) is 4.24. The van der Waals surface area contributed by atoms with Crippen LogP contribution in [0.1, 0.15) is 10.4 Å². The predicted molar refractivity (Wildman–Crippen MR) is 81.3 cm³/mol. The number of anilines is 3. The van der Waals surface area contributed by atoms with Gasteiger partial charge in [-0.05, 0) is 36.4 Å². The summed E-state index contributed by atoms with van der Waals surface area (Å²) in [5.74, 6) is -0.515.